The van der Waals surface area contributed by atoms with Gasteiger partial charge in [0.1, 0.15) is 0 Å². The average molecular weight is 199 g/mol. The van der Waals surface area contributed by atoms with Crippen molar-refractivity contribution in [2.24, 2.45) is 0 Å². The molecule has 0 amide bonds. The first-order valence-corrected chi connectivity index (χ1v) is 4.21. The molecule has 1 aromatic rings. The van der Waals surface area contributed by atoms with E-state index in [0.29, 0.717) is 17.2 Å². The summed E-state index contributed by atoms with van der Waals surface area (Å²) in [4.78, 5) is 0. The standard InChI is InChI=1S/C10H11ClO2/c1-7(11)6-8-4-3-5-9(13-2)10(8)12/h3-5,12H,1,6H2,2H3. The van der Waals surface area contributed by atoms with Crippen LogP contribution in [-0.4, -0.2) is 12.2 Å². The number of aromatic hydroxyl groups is 1. The summed E-state index contributed by atoms with van der Waals surface area (Å²) in [5, 5.41) is 10.1. The summed E-state index contributed by atoms with van der Waals surface area (Å²) in [5.74, 6) is 0.585. The molecule has 0 aliphatic rings. The lowest BCUT2D eigenvalue weighted by Gasteiger charge is -2.07. The van der Waals surface area contributed by atoms with Gasteiger partial charge in [-0.3, -0.25) is 0 Å². The van der Waals surface area contributed by atoms with Gasteiger partial charge in [0.2, 0.25) is 0 Å². The normalized spacial score (nSPS) is 9.69. The lowest BCUT2D eigenvalue weighted by molar-refractivity contribution is 0.371. The van der Waals surface area contributed by atoms with E-state index < -0.39 is 0 Å². The molecule has 2 nitrogen and oxygen atoms in total. The van der Waals surface area contributed by atoms with Crippen LogP contribution in [-0.2, 0) is 6.42 Å². The molecule has 3 heteroatoms. The Morgan fingerprint density at radius 3 is 2.85 bits per heavy atom. The number of benzene rings is 1. The van der Waals surface area contributed by atoms with Gasteiger partial charge in [-0.2, -0.15) is 0 Å². The molecular weight excluding hydrogens is 188 g/mol. The Labute approximate surface area is 82.4 Å². The maximum absolute atomic E-state index is 9.61. The Kier molecular flexibility index (Phi) is 3.20. The molecule has 0 spiro atoms. The van der Waals surface area contributed by atoms with E-state index in [1.54, 1.807) is 18.2 Å². The minimum Gasteiger partial charge on any atom is -0.504 e. The third kappa shape index (κ3) is 2.39. The first kappa shape index (κ1) is 9.93. The highest BCUT2D eigenvalue weighted by Crippen LogP contribution is 2.30. The van der Waals surface area contributed by atoms with Gasteiger partial charge in [0, 0.05) is 17.0 Å². The predicted molar refractivity (Wildman–Crippen MR) is 53.4 cm³/mol. The van der Waals surface area contributed by atoms with Gasteiger partial charge in [-0.15, -0.1) is 0 Å². The molecule has 1 rings (SSSR count). The zero-order valence-corrected chi connectivity index (χ0v) is 8.14. The Morgan fingerprint density at radius 1 is 1.62 bits per heavy atom. The Bertz CT molecular complexity index is 321. The second kappa shape index (κ2) is 4.19. The van der Waals surface area contributed by atoms with Crippen molar-refractivity contribution >= 4 is 11.6 Å². The maximum atomic E-state index is 9.61. The lowest BCUT2D eigenvalue weighted by Crippen LogP contribution is -1.89. The van der Waals surface area contributed by atoms with Crippen LogP contribution in [0.5, 0.6) is 11.5 Å². The van der Waals surface area contributed by atoms with Gasteiger partial charge in [-0.25, -0.2) is 0 Å². The summed E-state index contributed by atoms with van der Waals surface area (Å²) >= 11 is 5.63. The fourth-order valence-electron chi connectivity index (χ4n) is 1.08. The number of hydrogen-bond acceptors (Lipinski definition) is 2. The van der Waals surface area contributed by atoms with E-state index in [-0.39, 0.29) is 5.75 Å². The van der Waals surface area contributed by atoms with Crippen molar-refractivity contribution in [1.29, 1.82) is 0 Å². The third-order valence-corrected chi connectivity index (χ3v) is 1.82. The van der Waals surface area contributed by atoms with E-state index in [4.69, 9.17) is 16.3 Å². The Balaban J connectivity index is 3.01. The molecule has 0 atom stereocenters. The molecule has 0 saturated heterocycles. The number of para-hydroxylation sites is 1. The van der Waals surface area contributed by atoms with Crippen molar-refractivity contribution in [1.82, 2.24) is 0 Å². The quantitative estimate of drug-likeness (QED) is 0.809. The van der Waals surface area contributed by atoms with Crippen LogP contribution in [0.2, 0.25) is 0 Å². The van der Waals surface area contributed by atoms with E-state index in [2.05, 4.69) is 6.58 Å². The summed E-state index contributed by atoms with van der Waals surface area (Å²) in [5.41, 5.74) is 0.722. The van der Waals surface area contributed by atoms with Gasteiger partial charge in [0.15, 0.2) is 11.5 Å². The van der Waals surface area contributed by atoms with E-state index >= 15 is 0 Å². The number of methoxy groups -OCH3 is 1. The lowest BCUT2D eigenvalue weighted by atomic mass is 10.1. The molecule has 1 N–H and O–H groups in total. The molecule has 13 heavy (non-hydrogen) atoms. The molecule has 0 aromatic heterocycles. The van der Waals surface area contributed by atoms with E-state index in [1.165, 1.54) is 7.11 Å². The van der Waals surface area contributed by atoms with E-state index in [0.717, 1.165) is 5.56 Å². The second-order valence-electron chi connectivity index (χ2n) is 2.66. The summed E-state index contributed by atoms with van der Waals surface area (Å²) in [6.45, 7) is 3.56. The first-order chi connectivity index (χ1) is 6.15. The highest BCUT2D eigenvalue weighted by molar-refractivity contribution is 6.29. The number of hydrogen-bond donors (Lipinski definition) is 1. The van der Waals surface area contributed by atoms with Crippen LogP contribution in [0.3, 0.4) is 0 Å². The van der Waals surface area contributed by atoms with Crippen molar-refractivity contribution in [2.75, 3.05) is 7.11 Å². The molecule has 0 unspecified atom stereocenters. The minimum absolute atomic E-state index is 0.131. The molecule has 70 valence electrons. The van der Waals surface area contributed by atoms with Crippen molar-refractivity contribution < 1.29 is 9.84 Å². The van der Waals surface area contributed by atoms with Crippen LogP contribution in [0.4, 0.5) is 0 Å². The van der Waals surface area contributed by atoms with Crippen LogP contribution < -0.4 is 4.74 Å². The molecule has 0 aliphatic heterocycles. The number of ether oxygens (including phenoxy) is 1. The van der Waals surface area contributed by atoms with Crippen molar-refractivity contribution in [3.8, 4) is 11.5 Å². The van der Waals surface area contributed by atoms with Crippen LogP contribution in [0.15, 0.2) is 29.8 Å². The Morgan fingerprint density at radius 2 is 2.31 bits per heavy atom. The molecule has 1 aromatic carbocycles. The molecule has 0 heterocycles. The van der Waals surface area contributed by atoms with Crippen LogP contribution >= 0.6 is 11.6 Å². The average Bonchev–Trinajstić information content (AvgIpc) is 2.08. The topological polar surface area (TPSA) is 29.5 Å². The monoisotopic (exact) mass is 198 g/mol. The van der Waals surface area contributed by atoms with Crippen LogP contribution in [0.25, 0.3) is 0 Å². The summed E-state index contributed by atoms with van der Waals surface area (Å²) < 4.78 is 4.94. The summed E-state index contributed by atoms with van der Waals surface area (Å²) in [6, 6.07) is 5.27. The van der Waals surface area contributed by atoms with Gasteiger partial charge in [0.05, 0.1) is 7.11 Å². The zero-order chi connectivity index (χ0) is 9.84. The fraction of sp³-hybridized carbons (Fsp3) is 0.200. The fourth-order valence-corrected chi connectivity index (χ4v) is 1.23. The van der Waals surface area contributed by atoms with Gasteiger partial charge in [0.25, 0.3) is 0 Å². The highest BCUT2D eigenvalue weighted by Gasteiger charge is 2.06. The van der Waals surface area contributed by atoms with E-state index in [1.807, 2.05) is 0 Å². The zero-order valence-electron chi connectivity index (χ0n) is 7.38. The predicted octanol–water partition coefficient (Wildman–Crippen LogP) is 2.70. The number of phenols is 1. The van der Waals surface area contributed by atoms with Gasteiger partial charge in [-0.1, -0.05) is 30.3 Å². The highest BCUT2D eigenvalue weighted by atomic mass is 35.5. The molecule has 0 fully saturated rings. The molecule has 0 saturated carbocycles. The minimum atomic E-state index is 0.131. The van der Waals surface area contributed by atoms with Crippen molar-refractivity contribution in [2.45, 2.75) is 6.42 Å². The number of rotatable bonds is 3. The SMILES string of the molecule is C=C(Cl)Cc1cccc(OC)c1O. The Hall–Kier alpha value is -1.15. The van der Waals surface area contributed by atoms with E-state index in [9.17, 15) is 5.11 Å². The molecule has 0 bridgehead atoms. The summed E-state index contributed by atoms with van der Waals surface area (Å²) in [7, 11) is 1.51. The second-order valence-corrected chi connectivity index (χ2v) is 3.20. The molecule has 0 radical (unpaired) electrons. The van der Waals surface area contributed by atoms with Crippen LogP contribution in [0, 0.1) is 0 Å². The third-order valence-electron chi connectivity index (χ3n) is 1.68. The number of halogens is 1. The molecular formula is C10H11ClO2. The molecule has 0 aliphatic carbocycles. The van der Waals surface area contributed by atoms with Gasteiger partial charge >= 0.3 is 0 Å². The van der Waals surface area contributed by atoms with Crippen LogP contribution in [0.1, 0.15) is 5.56 Å². The number of phenolic OH excluding ortho intramolecular Hbond substituents is 1. The largest absolute Gasteiger partial charge is 0.504 e. The summed E-state index contributed by atoms with van der Waals surface area (Å²) in [6.07, 6.45) is 0.449. The van der Waals surface area contributed by atoms with Crippen molar-refractivity contribution in [3.05, 3.63) is 35.4 Å². The van der Waals surface area contributed by atoms with Gasteiger partial charge < -0.3 is 9.84 Å². The number of allylic oxidation sites excluding steroid dienone is 1. The van der Waals surface area contributed by atoms with Gasteiger partial charge in [-0.05, 0) is 6.07 Å². The first-order valence-electron chi connectivity index (χ1n) is 3.83. The maximum Gasteiger partial charge on any atom is 0.161 e. The smallest absolute Gasteiger partial charge is 0.161 e. The van der Waals surface area contributed by atoms with Crippen molar-refractivity contribution in [3.63, 3.8) is 0 Å².